The highest BCUT2D eigenvalue weighted by Gasteiger charge is 2.04. The maximum Gasteiger partial charge on any atom is 0.155 e. The van der Waals surface area contributed by atoms with E-state index in [0.717, 1.165) is 16.2 Å². The first-order valence-electron chi connectivity index (χ1n) is 7.13. The van der Waals surface area contributed by atoms with Crippen LogP contribution in [0.15, 0.2) is 46.4 Å². The molecule has 1 aromatic carbocycles. The van der Waals surface area contributed by atoms with Crippen LogP contribution in [0.1, 0.15) is 39.0 Å². The normalized spacial score (nSPS) is 10.7. The first-order chi connectivity index (χ1) is 10.3. The van der Waals surface area contributed by atoms with Crippen LogP contribution in [0.5, 0.6) is 0 Å². The third kappa shape index (κ3) is 6.19. The van der Waals surface area contributed by atoms with E-state index >= 15 is 0 Å². The Labute approximate surface area is 137 Å². The molecule has 0 spiro atoms. The zero-order valence-corrected chi connectivity index (χ0v) is 14.6. The van der Waals surface area contributed by atoms with Gasteiger partial charge in [0.25, 0.3) is 0 Å². The lowest BCUT2D eigenvalue weighted by atomic mass is 10.1. The van der Waals surface area contributed by atoms with Crippen LogP contribution in [0.2, 0.25) is 0 Å². The van der Waals surface area contributed by atoms with E-state index in [0.29, 0.717) is 11.3 Å². The summed E-state index contributed by atoms with van der Waals surface area (Å²) in [7, 11) is 0. The summed E-state index contributed by atoms with van der Waals surface area (Å²) in [4.78, 5) is 12.2. The van der Waals surface area contributed by atoms with E-state index in [1.807, 2.05) is 50.2 Å². The number of benzene rings is 1. The Bertz CT molecular complexity index is 672. The van der Waals surface area contributed by atoms with Gasteiger partial charge in [0.2, 0.25) is 0 Å². The van der Waals surface area contributed by atoms with Crippen LogP contribution in [-0.4, -0.2) is 10.6 Å². The Morgan fingerprint density at radius 2 is 1.55 bits per heavy atom. The van der Waals surface area contributed by atoms with Gasteiger partial charge in [0.15, 0.2) is 5.78 Å². The Hall–Kier alpha value is -2.00. The summed E-state index contributed by atoms with van der Waals surface area (Å²) >= 11 is 4.54. The van der Waals surface area contributed by atoms with E-state index in [1.165, 1.54) is 5.56 Å². The average molecular weight is 314 g/mol. The van der Waals surface area contributed by atoms with Crippen LogP contribution in [0.4, 0.5) is 0 Å². The minimum absolute atomic E-state index is 0.0586. The van der Waals surface area contributed by atoms with Crippen LogP contribution in [-0.2, 0) is 4.79 Å². The molecule has 2 rings (SSSR count). The van der Waals surface area contributed by atoms with Crippen molar-refractivity contribution in [3.8, 4) is 11.3 Å². The van der Waals surface area contributed by atoms with E-state index < -0.39 is 0 Å². The van der Waals surface area contributed by atoms with Gasteiger partial charge in [-0.1, -0.05) is 42.0 Å². The molecule has 0 saturated carbocycles. The molecular weight excluding hydrogens is 292 g/mol. The highest BCUT2D eigenvalue weighted by atomic mass is 32.1. The molecule has 0 radical (unpaired) electrons. The molecule has 1 aromatic heterocycles. The zero-order chi connectivity index (χ0) is 16.7. The number of hydrogen-bond acceptors (Lipinski definition) is 3. The summed E-state index contributed by atoms with van der Waals surface area (Å²) in [6.45, 7) is 9.19. The topological polar surface area (TPSA) is 30.2 Å². The SMILES string of the molecule is CC(=O)/C(C)=C\c1ccc(-c2ccc(C)cc2)o1.CC(C)=S. The number of aryl methyl sites for hydroxylation is 1. The largest absolute Gasteiger partial charge is 0.457 e. The molecule has 0 unspecified atom stereocenters. The van der Waals surface area contributed by atoms with Crippen molar-refractivity contribution in [2.75, 3.05) is 0 Å². The van der Waals surface area contributed by atoms with Crippen molar-refractivity contribution in [3.05, 3.63) is 53.3 Å². The van der Waals surface area contributed by atoms with Gasteiger partial charge in [0.1, 0.15) is 11.5 Å². The Kier molecular flexibility index (Phi) is 6.93. The van der Waals surface area contributed by atoms with Gasteiger partial charge in [-0.05, 0) is 63.3 Å². The summed E-state index contributed by atoms with van der Waals surface area (Å²) in [6, 6.07) is 12.0. The van der Waals surface area contributed by atoms with Crippen molar-refractivity contribution in [1.29, 1.82) is 0 Å². The molecule has 0 atom stereocenters. The predicted octanol–water partition coefficient (Wildman–Crippen LogP) is 5.64. The van der Waals surface area contributed by atoms with Gasteiger partial charge in [-0.25, -0.2) is 0 Å². The van der Waals surface area contributed by atoms with Gasteiger partial charge < -0.3 is 4.42 Å². The molecule has 0 bridgehead atoms. The molecule has 0 fully saturated rings. The lowest BCUT2D eigenvalue weighted by Gasteiger charge is -1.97. The van der Waals surface area contributed by atoms with Crippen LogP contribution in [0.3, 0.4) is 0 Å². The third-order valence-electron chi connectivity index (χ3n) is 2.88. The van der Waals surface area contributed by atoms with E-state index in [1.54, 1.807) is 19.9 Å². The third-order valence-corrected chi connectivity index (χ3v) is 2.88. The van der Waals surface area contributed by atoms with Crippen molar-refractivity contribution >= 4 is 28.9 Å². The average Bonchev–Trinajstić information content (AvgIpc) is 2.87. The lowest BCUT2D eigenvalue weighted by Crippen LogP contribution is -1.89. The highest BCUT2D eigenvalue weighted by Crippen LogP contribution is 2.23. The fraction of sp³-hybridized carbons (Fsp3) is 0.263. The first-order valence-corrected chi connectivity index (χ1v) is 7.53. The second kappa shape index (κ2) is 8.44. The first kappa shape index (κ1) is 18.1. The molecule has 2 nitrogen and oxygen atoms in total. The summed E-state index contributed by atoms with van der Waals surface area (Å²) in [5, 5.41) is 0. The molecule has 0 aliphatic rings. The van der Waals surface area contributed by atoms with E-state index in [2.05, 4.69) is 19.1 Å². The molecule has 1 heterocycles. The molecule has 0 amide bonds. The van der Waals surface area contributed by atoms with Crippen LogP contribution >= 0.6 is 12.2 Å². The van der Waals surface area contributed by atoms with E-state index in [4.69, 9.17) is 4.42 Å². The molecule has 0 N–H and O–H groups in total. The molecule has 0 aliphatic carbocycles. The second-order valence-electron chi connectivity index (χ2n) is 5.36. The molecule has 116 valence electrons. The number of carbonyl (C=O) groups is 1. The standard InChI is InChI=1S/C16H16O2.C3H6S/c1-11-4-6-14(7-5-11)16-9-8-15(18-16)10-12(2)13(3)17;1-3(2)4/h4-10H,1-3H3;1-2H3/b12-10-;. The van der Waals surface area contributed by atoms with Crippen LogP contribution < -0.4 is 0 Å². The number of Topliss-reactive ketones (excluding diaryl/α,β-unsaturated/α-hetero) is 1. The summed E-state index contributed by atoms with van der Waals surface area (Å²) in [6.07, 6.45) is 1.76. The maximum absolute atomic E-state index is 11.2. The van der Waals surface area contributed by atoms with Gasteiger partial charge in [0.05, 0.1) is 0 Å². The summed E-state index contributed by atoms with van der Waals surface area (Å²) < 4.78 is 5.70. The second-order valence-corrected chi connectivity index (χ2v) is 6.18. The summed E-state index contributed by atoms with van der Waals surface area (Å²) in [5.41, 5.74) is 2.96. The Balaban J connectivity index is 0.000000541. The number of ketones is 1. The number of hydrogen-bond donors (Lipinski definition) is 0. The van der Waals surface area contributed by atoms with E-state index in [-0.39, 0.29) is 5.78 Å². The van der Waals surface area contributed by atoms with Crippen molar-refractivity contribution in [2.45, 2.75) is 34.6 Å². The Morgan fingerprint density at radius 3 is 2.05 bits per heavy atom. The number of allylic oxidation sites excluding steroid dienone is 1. The smallest absolute Gasteiger partial charge is 0.155 e. The number of rotatable bonds is 3. The van der Waals surface area contributed by atoms with Gasteiger partial charge in [-0.15, -0.1) is 0 Å². The van der Waals surface area contributed by atoms with Gasteiger partial charge in [-0.2, -0.15) is 0 Å². The minimum atomic E-state index is 0.0586. The van der Waals surface area contributed by atoms with Gasteiger partial charge in [0, 0.05) is 5.56 Å². The number of furan rings is 1. The number of carbonyl (C=O) groups excluding carboxylic acids is 1. The molecular formula is C19H22O2S. The lowest BCUT2D eigenvalue weighted by molar-refractivity contribution is -0.113. The van der Waals surface area contributed by atoms with Crippen molar-refractivity contribution in [1.82, 2.24) is 0 Å². The molecule has 0 saturated heterocycles. The maximum atomic E-state index is 11.2. The number of thiocarbonyl (C=S) groups is 1. The predicted molar refractivity (Wildman–Crippen MR) is 97.2 cm³/mol. The quantitative estimate of drug-likeness (QED) is 0.542. The Morgan fingerprint density at radius 1 is 1.00 bits per heavy atom. The molecule has 2 aromatic rings. The van der Waals surface area contributed by atoms with Gasteiger partial charge >= 0.3 is 0 Å². The van der Waals surface area contributed by atoms with Crippen LogP contribution in [0, 0.1) is 6.92 Å². The fourth-order valence-corrected chi connectivity index (χ4v) is 1.62. The van der Waals surface area contributed by atoms with Crippen molar-refractivity contribution < 1.29 is 9.21 Å². The molecule has 3 heteroatoms. The molecule has 22 heavy (non-hydrogen) atoms. The molecule has 0 aliphatic heterocycles. The monoisotopic (exact) mass is 314 g/mol. The van der Waals surface area contributed by atoms with E-state index in [9.17, 15) is 4.79 Å². The van der Waals surface area contributed by atoms with Crippen molar-refractivity contribution in [3.63, 3.8) is 0 Å². The minimum Gasteiger partial charge on any atom is -0.457 e. The van der Waals surface area contributed by atoms with Crippen molar-refractivity contribution in [2.24, 2.45) is 0 Å². The zero-order valence-electron chi connectivity index (χ0n) is 13.8. The highest BCUT2D eigenvalue weighted by molar-refractivity contribution is 7.80. The fourth-order valence-electron chi connectivity index (χ4n) is 1.62. The van der Waals surface area contributed by atoms with Crippen LogP contribution in [0.25, 0.3) is 17.4 Å². The van der Waals surface area contributed by atoms with Gasteiger partial charge in [-0.3, -0.25) is 4.79 Å². The summed E-state index contributed by atoms with van der Waals surface area (Å²) in [5.74, 6) is 1.58.